The highest BCUT2D eigenvalue weighted by Gasteiger charge is 2.32. The fraction of sp³-hybridized carbons (Fsp3) is 0.154. The van der Waals surface area contributed by atoms with Gasteiger partial charge >= 0.3 is 5.97 Å². The van der Waals surface area contributed by atoms with Crippen LogP contribution in [0.1, 0.15) is 16.1 Å². The summed E-state index contributed by atoms with van der Waals surface area (Å²) in [7, 11) is 0. The van der Waals surface area contributed by atoms with Crippen molar-refractivity contribution in [3.63, 3.8) is 0 Å². The van der Waals surface area contributed by atoms with Crippen molar-refractivity contribution in [1.82, 2.24) is 14.7 Å². The Morgan fingerprint density at radius 2 is 2.05 bits per heavy atom. The smallest absolute Gasteiger partial charge is 0.323 e. The first-order valence-electron chi connectivity index (χ1n) is 5.80. The van der Waals surface area contributed by atoms with Crippen molar-refractivity contribution >= 4 is 11.9 Å². The van der Waals surface area contributed by atoms with E-state index in [1.165, 1.54) is 11.1 Å². The molecule has 6 heteroatoms. The number of rotatable bonds is 3. The van der Waals surface area contributed by atoms with Crippen LogP contribution in [0.3, 0.4) is 0 Å². The highest BCUT2D eigenvalue weighted by atomic mass is 16.4. The molecule has 1 aromatic carbocycles. The van der Waals surface area contributed by atoms with Crippen molar-refractivity contribution in [1.29, 1.82) is 0 Å². The van der Waals surface area contributed by atoms with Crippen LogP contribution in [0.2, 0.25) is 0 Å². The minimum absolute atomic E-state index is 0.273. The molecule has 1 amide bonds. The van der Waals surface area contributed by atoms with Gasteiger partial charge in [-0.3, -0.25) is 9.59 Å². The molecule has 6 nitrogen and oxygen atoms in total. The van der Waals surface area contributed by atoms with Crippen LogP contribution in [0.5, 0.6) is 0 Å². The van der Waals surface area contributed by atoms with E-state index in [0.29, 0.717) is 5.56 Å². The number of benzene rings is 1. The van der Waals surface area contributed by atoms with E-state index in [1.54, 1.807) is 4.68 Å². The number of carbonyl (C=O) groups excluding carboxylic acids is 1. The maximum Gasteiger partial charge on any atom is 0.323 e. The van der Waals surface area contributed by atoms with Gasteiger partial charge in [-0.25, -0.2) is 4.68 Å². The zero-order valence-corrected chi connectivity index (χ0v) is 9.98. The Balaban J connectivity index is 1.97. The molecule has 96 valence electrons. The molecular weight excluding hydrogens is 246 g/mol. The number of aliphatic carboxylic acids is 1. The molecule has 1 aliphatic rings. The summed E-state index contributed by atoms with van der Waals surface area (Å²) in [6.45, 7) is -0.0162. The van der Waals surface area contributed by atoms with E-state index in [4.69, 9.17) is 5.11 Å². The summed E-state index contributed by atoms with van der Waals surface area (Å²) >= 11 is 0. The zero-order valence-electron chi connectivity index (χ0n) is 9.98. The zero-order chi connectivity index (χ0) is 13.4. The molecule has 2 heterocycles. The maximum absolute atomic E-state index is 12.0. The van der Waals surface area contributed by atoms with Crippen molar-refractivity contribution in [3.05, 3.63) is 47.8 Å². The van der Waals surface area contributed by atoms with E-state index >= 15 is 0 Å². The van der Waals surface area contributed by atoms with E-state index < -0.39 is 5.97 Å². The van der Waals surface area contributed by atoms with Gasteiger partial charge in [0.15, 0.2) is 0 Å². The summed E-state index contributed by atoms with van der Waals surface area (Å²) in [4.78, 5) is 24.0. The fourth-order valence-corrected chi connectivity index (χ4v) is 2.21. The Morgan fingerprint density at radius 3 is 2.74 bits per heavy atom. The molecule has 0 saturated heterocycles. The summed E-state index contributed by atoms with van der Waals surface area (Å²) in [6, 6.07) is 9.44. The molecule has 0 atom stereocenters. The van der Waals surface area contributed by atoms with E-state index in [1.807, 2.05) is 30.3 Å². The fourth-order valence-electron chi connectivity index (χ4n) is 2.21. The van der Waals surface area contributed by atoms with E-state index in [0.717, 1.165) is 11.4 Å². The van der Waals surface area contributed by atoms with E-state index in [-0.39, 0.29) is 19.0 Å². The summed E-state index contributed by atoms with van der Waals surface area (Å²) in [6.07, 6.45) is 1.49. The number of hydrogen-bond acceptors (Lipinski definition) is 3. The third kappa shape index (κ3) is 1.87. The second kappa shape index (κ2) is 4.24. The number of amides is 1. The molecular formula is C13H11N3O3. The van der Waals surface area contributed by atoms with Crippen molar-refractivity contribution in [2.24, 2.45) is 0 Å². The van der Waals surface area contributed by atoms with Gasteiger partial charge in [0.05, 0.1) is 29.7 Å². The maximum atomic E-state index is 12.0. The Hall–Kier alpha value is -2.63. The topological polar surface area (TPSA) is 75.4 Å². The number of carbonyl (C=O) groups is 2. The van der Waals surface area contributed by atoms with Crippen LogP contribution < -0.4 is 0 Å². The molecule has 19 heavy (non-hydrogen) atoms. The lowest BCUT2D eigenvalue weighted by molar-refractivity contribution is -0.137. The van der Waals surface area contributed by atoms with Gasteiger partial charge in [-0.05, 0) is 12.1 Å². The SMILES string of the molecule is O=C(O)CN1Cc2c(cnn2-c2ccccc2)C1=O. The Labute approximate surface area is 108 Å². The monoisotopic (exact) mass is 257 g/mol. The number of fused-ring (bicyclic) bond motifs is 1. The molecule has 0 spiro atoms. The van der Waals surface area contributed by atoms with Crippen LogP contribution in [0.15, 0.2) is 36.5 Å². The number of para-hydroxylation sites is 1. The van der Waals surface area contributed by atoms with Crippen LogP contribution in [0, 0.1) is 0 Å². The molecule has 3 rings (SSSR count). The number of hydrogen-bond donors (Lipinski definition) is 1. The average molecular weight is 257 g/mol. The molecule has 1 N–H and O–H groups in total. The molecule has 0 fully saturated rings. The van der Waals surface area contributed by atoms with Crippen molar-refractivity contribution < 1.29 is 14.7 Å². The first-order chi connectivity index (χ1) is 9.16. The number of carboxylic acids is 1. The molecule has 0 radical (unpaired) electrons. The molecule has 0 bridgehead atoms. The Kier molecular flexibility index (Phi) is 2.56. The predicted octanol–water partition coefficient (Wildman–Crippen LogP) is 0.913. The molecule has 0 saturated carbocycles. The van der Waals surface area contributed by atoms with Gasteiger partial charge in [0.1, 0.15) is 6.54 Å². The van der Waals surface area contributed by atoms with Crippen LogP contribution in [0.4, 0.5) is 0 Å². The number of nitrogens with zero attached hydrogens (tertiary/aromatic N) is 3. The molecule has 0 aliphatic carbocycles. The molecule has 1 aliphatic heterocycles. The largest absolute Gasteiger partial charge is 0.480 e. The quantitative estimate of drug-likeness (QED) is 0.886. The standard InChI is InChI=1S/C13H11N3O3/c17-12(18)8-15-7-11-10(13(15)19)6-14-16(11)9-4-2-1-3-5-9/h1-6H,7-8H2,(H,17,18). The normalized spacial score (nSPS) is 13.7. The predicted molar refractivity (Wildman–Crippen MR) is 65.9 cm³/mol. The summed E-state index contributed by atoms with van der Waals surface area (Å²) in [5.41, 5.74) is 2.07. The van der Waals surface area contributed by atoms with Crippen LogP contribution in [-0.2, 0) is 11.3 Å². The Morgan fingerprint density at radius 1 is 1.32 bits per heavy atom. The summed E-state index contributed by atoms with van der Waals surface area (Å²) < 4.78 is 1.68. The first-order valence-corrected chi connectivity index (χ1v) is 5.80. The lowest BCUT2D eigenvalue weighted by Gasteiger charge is -2.13. The van der Waals surface area contributed by atoms with Crippen LogP contribution in [-0.4, -0.2) is 38.2 Å². The van der Waals surface area contributed by atoms with Crippen molar-refractivity contribution in [2.45, 2.75) is 6.54 Å². The first kappa shape index (κ1) is 11.5. The van der Waals surface area contributed by atoms with Crippen LogP contribution in [0.25, 0.3) is 5.69 Å². The van der Waals surface area contributed by atoms with Crippen LogP contribution >= 0.6 is 0 Å². The summed E-state index contributed by atoms with van der Waals surface area (Å²) in [5, 5.41) is 13.0. The van der Waals surface area contributed by atoms with Gasteiger partial charge in [0.2, 0.25) is 0 Å². The second-order valence-corrected chi connectivity index (χ2v) is 4.31. The average Bonchev–Trinajstić information content (AvgIpc) is 2.92. The summed E-state index contributed by atoms with van der Waals surface area (Å²) in [5.74, 6) is -1.29. The highest BCUT2D eigenvalue weighted by molar-refractivity contribution is 5.99. The van der Waals surface area contributed by atoms with E-state index in [9.17, 15) is 9.59 Å². The third-order valence-electron chi connectivity index (χ3n) is 3.05. The van der Waals surface area contributed by atoms with Gasteiger partial charge in [0, 0.05) is 0 Å². The van der Waals surface area contributed by atoms with Gasteiger partial charge in [-0.2, -0.15) is 5.10 Å². The van der Waals surface area contributed by atoms with Gasteiger partial charge in [-0.1, -0.05) is 18.2 Å². The second-order valence-electron chi connectivity index (χ2n) is 4.31. The third-order valence-corrected chi connectivity index (χ3v) is 3.05. The van der Waals surface area contributed by atoms with Crippen molar-refractivity contribution in [3.8, 4) is 5.69 Å². The van der Waals surface area contributed by atoms with Gasteiger partial charge in [-0.15, -0.1) is 0 Å². The lowest BCUT2D eigenvalue weighted by Crippen LogP contribution is -2.30. The lowest BCUT2D eigenvalue weighted by atomic mass is 10.2. The molecule has 0 unspecified atom stereocenters. The minimum Gasteiger partial charge on any atom is -0.480 e. The van der Waals surface area contributed by atoms with E-state index in [2.05, 4.69) is 5.10 Å². The van der Waals surface area contributed by atoms with Crippen molar-refractivity contribution in [2.75, 3.05) is 6.54 Å². The number of aromatic nitrogens is 2. The molecule has 1 aromatic heterocycles. The van der Waals surface area contributed by atoms with Gasteiger partial charge in [0.25, 0.3) is 5.91 Å². The number of carboxylic acid groups (broad SMARTS) is 1. The molecule has 2 aromatic rings. The minimum atomic E-state index is -1.02. The Bertz CT molecular complexity index is 648. The highest BCUT2D eigenvalue weighted by Crippen LogP contribution is 2.24. The van der Waals surface area contributed by atoms with Gasteiger partial charge < -0.3 is 10.0 Å².